The number of fused-ring (bicyclic) bond motifs is 2. The molecule has 0 aliphatic carbocycles. The van der Waals surface area contributed by atoms with E-state index >= 15 is 0 Å². The van der Waals surface area contributed by atoms with Gasteiger partial charge in [-0.1, -0.05) is 103 Å². The number of hydrogen-bond donors (Lipinski definition) is 3. The molecule has 64 heavy (non-hydrogen) atoms. The fourth-order valence-electron chi connectivity index (χ4n) is 8.15. The molecule has 0 fully saturated rings. The molecule has 0 spiro atoms. The molecule has 4 atom stereocenters. The van der Waals surface area contributed by atoms with Crippen LogP contribution in [0.4, 0.5) is 4.79 Å². The predicted octanol–water partition coefficient (Wildman–Crippen LogP) is 10.2. The molecule has 3 amide bonds. The van der Waals surface area contributed by atoms with Crippen molar-refractivity contribution in [3.8, 4) is 28.4 Å². The van der Waals surface area contributed by atoms with Crippen molar-refractivity contribution in [3.63, 3.8) is 0 Å². The van der Waals surface area contributed by atoms with Crippen LogP contribution in [0.5, 0.6) is 17.2 Å². The lowest BCUT2D eigenvalue weighted by atomic mass is 9.92. The highest BCUT2D eigenvalue weighted by atomic mass is 35.5. The Bertz CT molecular complexity index is 2660. The third-order valence-corrected chi connectivity index (χ3v) is 12.7. The number of urea groups is 1. The Labute approximate surface area is 382 Å². The zero-order chi connectivity index (χ0) is 44.9. The number of ether oxygens (including phenoxy) is 3. The van der Waals surface area contributed by atoms with E-state index in [1.54, 1.807) is 18.3 Å². The van der Waals surface area contributed by atoms with Crippen molar-refractivity contribution in [2.45, 2.75) is 77.4 Å². The van der Waals surface area contributed by atoms with E-state index in [1.807, 2.05) is 124 Å². The highest BCUT2D eigenvalue weighted by Crippen LogP contribution is 2.41. The van der Waals surface area contributed by atoms with Gasteiger partial charge in [-0.15, -0.1) is 0 Å². The number of nitrogens with zero attached hydrogens (tertiary/aromatic N) is 2. The zero-order valence-electron chi connectivity index (χ0n) is 35.6. The molecule has 0 radical (unpaired) electrons. The lowest BCUT2D eigenvalue weighted by Gasteiger charge is -2.38. The average molecular weight is 900 g/mol. The van der Waals surface area contributed by atoms with Gasteiger partial charge in [-0.25, -0.2) is 9.59 Å². The molecule has 0 saturated carbocycles. The SMILES string of the molecule is CC[C@@H](NC(=O)N1Cc2cc3c(cc2C[C@H]1C(=O)N[C@@H](Cc1ccc(-c2ccnc(C)c2C)cc1)C(=O)O)OC[C@H](c1ccc(OCc2ccc(Cl)c(Cl)c2)cc1)O3)c1ccccc1. The third-order valence-electron chi connectivity index (χ3n) is 11.9. The summed E-state index contributed by atoms with van der Waals surface area (Å²) >= 11 is 12.2. The molecule has 2 aliphatic rings. The molecule has 2 aliphatic heterocycles. The van der Waals surface area contributed by atoms with Crippen molar-refractivity contribution in [3.05, 3.63) is 176 Å². The summed E-state index contributed by atoms with van der Waals surface area (Å²) in [5.41, 5.74) is 9.06. The lowest BCUT2D eigenvalue weighted by Crippen LogP contribution is -2.58. The Morgan fingerprint density at radius 3 is 2.31 bits per heavy atom. The summed E-state index contributed by atoms with van der Waals surface area (Å²) < 4.78 is 18.7. The lowest BCUT2D eigenvalue weighted by molar-refractivity contribution is -0.142. The van der Waals surface area contributed by atoms with Crippen LogP contribution in [0.3, 0.4) is 0 Å². The van der Waals surface area contributed by atoms with E-state index in [0.29, 0.717) is 40.3 Å². The fraction of sp³-hybridized carbons (Fsp3) is 0.255. The minimum atomic E-state index is -1.25. The third kappa shape index (κ3) is 9.96. The van der Waals surface area contributed by atoms with Gasteiger partial charge in [-0.3, -0.25) is 9.78 Å². The number of nitrogens with one attached hydrogen (secondary N) is 2. The molecule has 13 heteroatoms. The number of carbonyl (C=O) groups excluding carboxylic acids is 2. The van der Waals surface area contributed by atoms with E-state index in [9.17, 15) is 19.5 Å². The minimum absolute atomic E-state index is 0.0471. The molecule has 11 nitrogen and oxygen atoms in total. The van der Waals surface area contributed by atoms with Gasteiger partial charge in [0.2, 0.25) is 5.91 Å². The van der Waals surface area contributed by atoms with Crippen LogP contribution >= 0.6 is 23.2 Å². The van der Waals surface area contributed by atoms with Crippen LogP contribution in [-0.2, 0) is 35.6 Å². The Kier molecular flexibility index (Phi) is 13.4. The van der Waals surface area contributed by atoms with Crippen LogP contribution in [0, 0.1) is 13.8 Å². The van der Waals surface area contributed by atoms with Gasteiger partial charge in [-0.05, 0) is 113 Å². The number of aliphatic carboxylic acids is 1. The normalized spacial score (nSPS) is 16.2. The van der Waals surface area contributed by atoms with Crippen LogP contribution in [0.1, 0.15) is 70.1 Å². The van der Waals surface area contributed by atoms with Crippen molar-refractivity contribution >= 4 is 41.1 Å². The standard InChI is InChI=1S/C51H48Cl2N4O7/c1-4-43(35-8-6-5-7-9-35)56-51(61)57-27-38-26-47-46(63-29-48(64-47)36-15-17-39(18-16-36)62-28-33-12-19-41(52)42(53)22-33)25-37(38)24-45(57)49(58)55-44(50(59)60)23-32-10-13-34(14-11-32)40-20-21-54-31(3)30(40)2/h5-22,25-26,43-45,48H,4,23-24,27-29H2,1-3H3,(H,55,58)(H,56,61)(H,59,60)/t43-,44+,45+,48-/m1/s1. The molecule has 6 aromatic rings. The summed E-state index contributed by atoms with van der Waals surface area (Å²) in [6.45, 7) is 6.60. The van der Waals surface area contributed by atoms with Gasteiger partial charge in [0.25, 0.3) is 0 Å². The molecular weight excluding hydrogens is 851 g/mol. The first-order chi connectivity index (χ1) is 30.9. The number of carboxylic acid groups (broad SMARTS) is 1. The molecule has 328 valence electrons. The average Bonchev–Trinajstić information content (AvgIpc) is 3.31. The first-order valence-electron chi connectivity index (χ1n) is 21.2. The quantitative estimate of drug-likeness (QED) is 0.104. The number of hydrogen-bond acceptors (Lipinski definition) is 7. The van der Waals surface area contributed by atoms with Gasteiger partial charge in [0, 0.05) is 31.3 Å². The number of rotatable bonds is 13. The van der Waals surface area contributed by atoms with E-state index in [1.165, 1.54) is 4.90 Å². The summed E-state index contributed by atoms with van der Waals surface area (Å²) in [4.78, 5) is 47.2. The van der Waals surface area contributed by atoms with Crippen molar-refractivity contribution in [1.82, 2.24) is 20.5 Å². The second kappa shape index (κ2) is 19.5. The number of amides is 3. The molecule has 3 heterocycles. The number of benzene rings is 5. The van der Waals surface area contributed by atoms with Crippen molar-refractivity contribution in [1.29, 1.82) is 0 Å². The van der Waals surface area contributed by atoms with Gasteiger partial charge in [-0.2, -0.15) is 0 Å². The minimum Gasteiger partial charge on any atom is -0.489 e. The van der Waals surface area contributed by atoms with Crippen LogP contribution in [0.2, 0.25) is 10.0 Å². The van der Waals surface area contributed by atoms with Gasteiger partial charge in [0.15, 0.2) is 17.6 Å². The largest absolute Gasteiger partial charge is 0.489 e. The van der Waals surface area contributed by atoms with E-state index in [4.69, 9.17) is 37.4 Å². The maximum Gasteiger partial charge on any atom is 0.326 e. The summed E-state index contributed by atoms with van der Waals surface area (Å²) in [7, 11) is 0. The van der Waals surface area contributed by atoms with E-state index < -0.39 is 36.1 Å². The first-order valence-corrected chi connectivity index (χ1v) is 22.0. The monoisotopic (exact) mass is 898 g/mol. The second-order valence-corrected chi connectivity index (χ2v) is 16.9. The van der Waals surface area contributed by atoms with Gasteiger partial charge in [0.1, 0.15) is 31.0 Å². The molecule has 5 aromatic carbocycles. The number of carbonyl (C=O) groups is 3. The van der Waals surface area contributed by atoms with Gasteiger partial charge in [0.05, 0.1) is 16.1 Å². The van der Waals surface area contributed by atoms with Crippen LogP contribution < -0.4 is 24.8 Å². The number of aromatic nitrogens is 1. The van der Waals surface area contributed by atoms with E-state index in [2.05, 4.69) is 15.6 Å². The number of aryl methyl sites for hydroxylation is 1. The van der Waals surface area contributed by atoms with Crippen LogP contribution in [0.25, 0.3) is 11.1 Å². The predicted molar refractivity (Wildman–Crippen MR) is 246 cm³/mol. The Morgan fingerprint density at radius 2 is 1.59 bits per heavy atom. The zero-order valence-corrected chi connectivity index (χ0v) is 37.2. The van der Waals surface area contributed by atoms with E-state index in [0.717, 1.165) is 55.8 Å². The molecule has 0 unspecified atom stereocenters. The van der Waals surface area contributed by atoms with Crippen molar-refractivity contribution in [2.24, 2.45) is 0 Å². The molecule has 1 aromatic heterocycles. The first kappa shape index (κ1) is 44.1. The summed E-state index contributed by atoms with van der Waals surface area (Å²) in [5.74, 6) is -0.0429. The molecule has 8 rings (SSSR count). The topological polar surface area (TPSA) is 139 Å². The smallest absolute Gasteiger partial charge is 0.326 e. The molecule has 0 bridgehead atoms. The van der Waals surface area contributed by atoms with Gasteiger partial charge >= 0.3 is 12.0 Å². The highest BCUT2D eigenvalue weighted by Gasteiger charge is 2.38. The second-order valence-electron chi connectivity index (χ2n) is 16.1. The maximum absolute atomic E-state index is 14.3. The summed E-state index contributed by atoms with van der Waals surface area (Å²) in [6, 6.07) is 32.9. The Hall–Kier alpha value is -6.56. The number of halogens is 2. The number of carboxylic acids is 1. The number of pyridine rings is 1. The Balaban J connectivity index is 0.996. The highest BCUT2D eigenvalue weighted by molar-refractivity contribution is 6.42. The summed E-state index contributed by atoms with van der Waals surface area (Å²) in [5, 5.41) is 17.2. The van der Waals surface area contributed by atoms with Crippen molar-refractivity contribution in [2.75, 3.05) is 6.61 Å². The van der Waals surface area contributed by atoms with Crippen molar-refractivity contribution < 1.29 is 33.7 Å². The molecule has 3 N–H and O–H groups in total. The van der Waals surface area contributed by atoms with Crippen LogP contribution in [0.15, 0.2) is 121 Å². The fourth-order valence-corrected chi connectivity index (χ4v) is 8.47. The van der Waals surface area contributed by atoms with E-state index in [-0.39, 0.29) is 32.0 Å². The molecule has 0 saturated heterocycles. The van der Waals surface area contributed by atoms with Crippen LogP contribution in [-0.4, -0.2) is 51.6 Å². The molecular formula is C51H48Cl2N4O7. The maximum atomic E-state index is 14.3. The summed E-state index contributed by atoms with van der Waals surface area (Å²) in [6.07, 6.45) is 2.14. The Morgan fingerprint density at radius 1 is 0.859 bits per heavy atom. The van der Waals surface area contributed by atoms with Gasteiger partial charge < -0.3 is 34.9 Å².